The van der Waals surface area contributed by atoms with Crippen LogP contribution in [0.15, 0.2) is 18.2 Å². The highest BCUT2D eigenvalue weighted by atomic mass is 35.5. The Hall–Kier alpha value is -0.770. The molecule has 1 aliphatic carbocycles. The number of aliphatic hydroxyl groups is 2. The molecule has 2 N–H and O–H groups in total. The Bertz CT molecular complexity index is 395. The van der Waals surface area contributed by atoms with Crippen molar-refractivity contribution < 1.29 is 14.9 Å². The Kier molecular flexibility index (Phi) is 4.87. The van der Waals surface area contributed by atoms with Crippen LogP contribution in [0.3, 0.4) is 0 Å². The van der Waals surface area contributed by atoms with Crippen molar-refractivity contribution in [3.8, 4) is 5.75 Å². The average molecular weight is 271 g/mol. The van der Waals surface area contributed by atoms with Crippen molar-refractivity contribution in [1.82, 2.24) is 0 Å². The van der Waals surface area contributed by atoms with E-state index in [0.717, 1.165) is 32.1 Å². The number of rotatable bonds is 3. The molecule has 0 bridgehead atoms. The van der Waals surface area contributed by atoms with Gasteiger partial charge in [-0.2, -0.15) is 0 Å². The molecule has 2 atom stereocenters. The van der Waals surface area contributed by atoms with Gasteiger partial charge in [0.25, 0.3) is 0 Å². The molecule has 1 aromatic rings. The average Bonchev–Trinajstić information content (AvgIpc) is 2.57. The summed E-state index contributed by atoms with van der Waals surface area (Å²) in [4.78, 5) is 0. The van der Waals surface area contributed by atoms with Gasteiger partial charge in [0.15, 0.2) is 0 Å². The van der Waals surface area contributed by atoms with E-state index in [-0.39, 0.29) is 12.7 Å². The highest BCUT2D eigenvalue weighted by Crippen LogP contribution is 2.32. The third-order valence-electron chi connectivity index (χ3n) is 3.41. The lowest BCUT2D eigenvalue weighted by molar-refractivity contribution is 0.0308. The highest BCUT2D eigenvalue weighted by molar-refractivity contribution is 6.32. The van der Waals surface area contributed by atoms with Crippen LogP contribution in [0, 0.1) is 0 Å². The SMILES string of the molecule is OCc1cccc(Cl)c1OC1CCCCCC1O. The van der Waals surface area contributed by atoms with Crippen molar-refractivity contribution in [3.05, 3.63) is 28.8 Å². The van der Waals surface area contributed by atoms with E-state index in [4.69, 9.17) is 16.3 Å². The molecule has 2 rings (SSSR count). The Balaban J connectivity index is 2.16. The first kappa shape index (κ1) is 13.7. The molecule has 1 fully saturated rings. The molecule has 0 spiro atoms. The first-order valence-electron chi connectivity index (χ1n) is 6.45. The third kappa shape index (κ3) is 3.16. The normalized spacial score (nSPS) is 24.6. The van der Waals surface area contributed by atoms with E-state index in [1.165, 1.54) is 0 Å². The minimum absolute atomic E-state index is 0.112. The van der Waals surface area contributed by atoms with Crippen LogP contribution in [0.2, 0.25) is 5.02 Å². The van der Waals surface area contributed by atoms with E-state index in [1.54, 1.807) is 18.2 Å². The predicted molar refractivity (Wildman–Crippen MR) is 70.9 cm³/mol. The molecular weight excluding hydrogens is 252 g/mol. The van der Waals surface area contributed by atoms with Gasteiger partial charge in [0.05, 0.1) is 17.7 Å². The molecule has 1 saturated carbocycles. The molecule has 0 radical (unpaired) electrons. The zero-order chi connectivity index (χ0) is 13.0. The standard InChI is InChI=1S/C14H19ClO3/c15-11-6-4-5-10(9-16)14(11)18-13-8-3-1-2-7-12(13)17/h4-6,12-13,16-17H,1-3,7-9H2. The summed E-state index contributed by atoms with van der Waals surface area (Å²) in [5.74, 6) is 0.507. The van der Waals surface area contributed by atoms with Gasteiger partial charge < -0.3 is 14.9 Å². The van der Waals surface area contributed by atoms with Crippen molar-refractivity contribution >= 4 is 11.6 Å². The van der Waals surface area contributed by atoms with Crippen LogP contribution >= 0.6 is 11.6 Å². The minimum atomic E-state index is -0.449. The van der Waals surface area contributed by atoms with Crippen LogP contribution in [0.5, 0.6) is 5.75 Å². The maximum atomic E-state index is 10.0. The molecule has 3 nitrogen and oxygen atoms in total. The predicted octanol–water partition coefficient (Wildman–Crippen LogP) is 2.90. The summed E-state index contributed by atoms with van der Waals surface area (Å²) in [6.07, 6.45) is 4.15. The minimum Gasteiger partial charge on any atom is -0.486 e. The lowest BCUT2D eigenvalue weighted by atomic mass is 10.1. The van der Waals surface area contributed by atoms with Gasteiger partial charge in [0.2, 0.25) is 0 Å². The number of para-hydroxylation sites is 1. The van der Waals surface area contributed by atoms with Crippen molar-refractivity contribution in [1.29, 1.82) is 0 Å². The largest absolute Gasteiger partial charge is 0.486 e. The first-order chi connectivity index (χ1) is 8.72. The second-order valence-electron chi connectivity index (χ2n) is 4.75. The fraction of sp³-hybridized carbons (Fsp3) is 0.571. The zero-order valence-corrected chi connectivity index (χ0v) is 11.1. The number of ether oxygens (including phenoxy) is 1. The van der Waals surface area contributed by atoms with E-state index in [0.29, 0.717) is 16.3 Å². The summed E-state index contributed by atoms with van der Waals surface area (Å²) in [6.45, 7) is -0.112. The molecule has 0 amide bonds. The van der Waals surface area contributed by atoms with E-state index >= 15 is 0 Å². The van der Waals surface area contributed by atoms with Gasteiger partial charge in [-0.15, -0.1) is 0 Å². The van der Waals surface area contributed by atoms with Gasteiger partial charge in [0.1, 0.15) is 11.9 Å². The summed E-state index contributed by atoms with van der Waals surface area (Å²) in [5.41, 5.74) is 0.666. The Morgan fingerprint density at radius 3 is 2.78 bits per heavy atom. The second kappa shape index (κ2) is 6.41. The molecule has 0 aliphatic heterocycles. The Labute approximate surface area is 112 Å². The Morgan fingerprint density at radius 2 is 2.00 bits per heavy atom. The maximum absolute atomic E-state index is 10.0. The van der Waals surface area contributed by atoms with Crippen LogP contribution in [-0.2, 0) is 6.61 Å². The summed E-state index contributed by atoms with van der Waals surface area (Å²) < 4.78 is 5.86. The fourth-order valence-corrected chi connectivity index (χ4v) is 2.59. The van der Waals surface area contributed by atoms with Crippen LogP contribution in [0.1, 0.15) is 37.7 Å². The molecule has 0 aromatic heterocycles. The van der Waals surface area contributed by atoms with E-state index in [1.807, 2.05) is 0 Å². The van der Waals surface area contributed by atoms with Gasteiger partial charge in [-0.3, -0.25) is 0 Å². The van der Waals surface area contributed by atoms with E-state index in [2.05, 4.69) is 0 Å². The summed E-state index contributed by atoms with van der Waals surface area (Å²) in [5, 5.41) is 19.8. The summed E-state index contributed by atoms with van der Waals surface area (Å²) >= 11 is 6.10. The van der Waals surface area contributed by atoms with E-state index < -0.39 is 6.10 Å². The van der Waals surface area contributed by atoms with Crippen LogP contribution in [0.25, 0.3) is 0 Å². The number of benzene rings is 1. The number of hydrogen-bond donors (Lipinski definition) is 2. The zero-order valence-electron chi connectivity index (χ0n) is 10.3. The van der Waals surface area contributed by atoms with E-state index in [9.17, 15) is 10.2 Å². The topological polar surface area (TPSA) is 49.7 Å². The monoisotopic (exact) mass is 270 g/mol. The maximum Gasteiger partial charge on any atom is 0.143 e. The first-order valence-corrected chi connectivity index (χ1v) is 6.83. The van der Waals surface area contributed by atoms with Gasteiger partial charge in [0, 0.05) is 5.56 Å². The molecule has 18 heavy (non-hydrogen) atoms. The summed E-state index contributed by atoms with van der Waals surface area (Å²) in [7, 11) is 0. The molecule has 1 aliphatic rings. The van der Waals surface area contributed by atoms with Gasteiger partial charge >= 0.3 is 0 Å². The molecule has 2 unspecified atom stereocenters. The second-order valence-corrected chi connectivity index (χ2v) is 5.16. The van der Waals surface area contributed by atoms with Gasteiger partial charge in [-0.1, -0.05) is 36.6 Å². The molecule has 4 heteroatoms. The van der Waals surface area contributed by atoms with Crippen molar-refractivity contribution in [2.24, 2.45) is 0 Å². The number of halogens is 1. The van der Waals surface area contributed by atoms with Crippen LogP contribution in [-0.4, -0.2) is 22.4 Å². The number of hydrogen-bond acceptors (Lipinski definition) is 3. The highest BCUT2D eigenvalue weighted by Gasteiger charge is 2.24. The van der Waals surface area contributed by atoms with Crippen LogP contribution in [0.4, 0.5) is 0 Å². The number of aliphatic hydroxyl groups excluding tert-OH is 2. The van der Waals surface area contributed by atoms with Crippen molar-refractivity contribution in [2.45, 2.75) is 50.9 Å². The van der Waals surface area contributed by atoms with Gasteiger partial charge in [-0.25, -0.2) is 0 Å². The van der Waals surface area contributed by atoms with Gasteiger partial charge in [-0.05, 0) is 25.3 Å². The molecule has 0 heterocycles. The lowest BCUT2D eigenvalue weighted by Crippen LogP contribution is -2.30. The third-order valence-corrected chi connectivity index (χ3v) is 3.70. The summed E-state index contributed by atoms with van der Waals surface area (Å²) in [6, 6.07) is 5.30. The Morgan fingerprint density at radius 1 is 1.22 bits per heavy atom. The molecular formula is C14H19ClO3. The molecule has 100 valence electrons. The van der Waals surface area contributed by atoms with Crippen molar-refractivity contribution in [3.63, 3.8) is 0 Å². The quantitative estimate of drug-likeness (QED) is 0.831. The fourth-order valence-electron chi connectivity index (χ4n) is 2.35. The molecule has 0 saturated heterocycles. The smallest absolute Gasteiger partial charge is 0.143 e. The molecule has 1 aromatic carbocycles. The lowest BCUT2D eigenvalue weighted by Gasteiger charge is -2.24. The van der Waals surface area contributed by atoms with Crippen molar-refractivity contribution in [2.75, 3.05) is 0 Å². The van der Waals surface area contributed by atoms with Crippen LogP contribution < -0.4 is 4.74 Å².